The van der Waals surface area contributed by atoms with E-state index in [0.717, 1.165) is 42.7 Å². The highest BCUT2D eigenvalue weighted by Gasteiger charge is 2.26. The highest BCUT2D eigenvalue weighted by atomic mass is 16.5. The van der Waals surface area contributed by atoms with Crippen LogP contribution in [-0.4, -0.2) is 47.8 Å². The van der Waals surface area contributed by atoms with Gasteiger partial charge in [-0.1, -0.05) is 48.5 Å². The summed E-state index contributed by atoms with van der Waals surface area (Å²) in [4.78, 5) is 28.3. The lowest BCUT2D eigenvalue weighted by Gasteiger charge is -2.30. The fourth-order valence-corrected chi connectivity index (χ4v) is 4.43. The normalized spacial score (nSPS) is 17.9. The number of nitrogens with two attached hydrogens (primary N) is 1. The van der Waals surface area contributed by atoms with Crippen LogP contribution >= 0.6 is 0 Å². The number of ether oxygens (including phenoxy) is 1. The first-order valence-electron chi connectivity index (χ1n) is 11.9. The quantitative estimate of drug-likeness (QED) is 0.388. The van der Waals surface area contributed by atoms with Crippen LogP contribution in [0.4, 0.5) is 11.4 Å². The summed E-state index contributed by atoms with van der Waals surface area (Å²) in [6, 6.07) is 18.4. The molecule has 9 nitrogen and oxygen atoms in total. The second-order valence-corrected chi connectivity index (χ2v) is 8.59. The van der Waals surface area contributed by atoms with Crippen LogP contribution in [-0.2, 0) is 9.53 Å². The van der Waals surface area contributed by atoms with Gasteiger partial charge in [-0.3, -0.25) is 15.2 Å². The summed E-state index contributed by atoms with van der Waals surface area (Å²) >= 11 is 0. The largest absolute Gasteiger partial charge is 0.407 e. The molecule has 4 N–H and O–H groups in total. The van der Waals surface area contributed by atoms with E-state index in [1.54, 1.807) is 18.5 Å². The van der Waals surface area contributed by atoms with Gasteiger partial charge in [0.1, 0.15) is 0 Å². The van der Waals surface area contributed by atoms with Gasteiger partial charge in [0.05, 0.1) is 28.8 Å². The summed E-state index contributed by atoms with van der Waals surface area (Å²) in [6.07, 6.45) is 5.54. The number of pyridine rings is 1. The number of hydrogen-bond donors (Lipinski definition) is 3. The van der Waals surface area contributed by atoms with Gasteiger partial charge < -0.3 is 20.7 Å². The van der Waals surface area contributed by atoms with Crippen molar-refractivity contribution < 1.29 is 9.53 Å². The van der Waals surface area contributed by atoms with E-state index in [0.29, 0.717) is 17.0 Å². The van der Waals surface area contributed by atoms with Crippen molar-refractivity contribution in [2.75, 3.05) is 23.3 Å². The van der Waals surface area contributed by atoms with Gasteiger partial charge in [-0.2, -0.15) is 4.99 Å². The lowest BCUT2D eigenvalue weighted by molar-refractivity contribution is -0.117. The minimum atomic E-state index is -1.18. The van der Waals surface area contributed by atoms with Crippen LogP contribution < -0.4 is 16.0 Å². The summed E-state index contributed by atoms with van der Waals surface area (Å²) in [6.45, 7) is 1.80. The van der Waals surface area contributed by atoms with Crippen LogP contribution in [0.1, 0.15) is 36.0 Å². The number of benzene rings is 2. The number of rotatable bonds is 4. The third-order valence-corrected chi connectivity index (χ3v) is 6.17. The first-order chi connectivity index (χ1) is 17.6. The maximum Gasteiger partial charge on any atom is 0.291 e. The molecule has 0 aliphatic carbocycles. The Balaban J connectivity index is 1.43. The molecule has 2 aliphatic rings. The molecule has 1 unspecified atom stereocenters. The number of anilines is 2. The summed E-state index contributed by atoms with van der Waals surface area (Å²) < 4.78 is 5.59. The van der Waals surface area contributed by atoms with Crippen molar-refractivity contribution in [1.82, 2.24) is 4.98 Å². The number of piperidine rings is 1. The van der Waals surface area contributed by atoms with E-state index >= 15 is 0 Å². The van der Waals surface area contributed by atoms with E-state index in [-0.39, 0.29) is 11.9 Å². The Labute approximate surface area is 209 Å². The number of fused-ring (bicyclic) bond motifs is 1. The van der Waals surface area contributed by atoms with Crippen molar-refractivity contribution in [1.29, 1.82) is 5.41 Å². The molecule has 0 saturated carbocycles. The molecule has 9 heteroatoms. The molecule has 1 fully saturated rings. The predicted molar refractivity (Wildman–Crippen MR) is 141 cm³/mol. The zero-order chi connectivity index (χ0) is 24.9. The van der Waals surface area contributed by atoms with E-state index in [9.17, 15) is 4.79 Å². The number of benzodiazepines with no additional fused rings is 1. The number of nitrogens with one attached hydrogen (secondary N) is 2. The molecule has 1 amide bonds. The number of aliphatic imine (C=N–C) groups is 2. The molecule has 0 bridgehead atoms. The molecular weight excluding hydrogens is 454 g/mol. The first kappa shape index (κ1) is 23.2. The molecule has 3 aromatic rings. The van der Waals surface area contributed by atoms with Crippen molar-refractivity contribution in [3.8, 4) is 0 Å². The van der Waals surface area contributed by atoms with Gasteiger partial charge in [0.25, 0.3) is 11.9 Å². The Kier molecular flexibility index (Phi) is 6.70. The van der Waals surface area contributed by atoms with Crippen LogP contribution in [0.15, 0.2) is 83.0 Å². The SMILES string of the molecule is N=C(O/C(N)=N/C1N=C(c2ccccc2)c2ccccc2NC1=O)c1ccncc1N1CCCCC1. The molecule has 1 aromatic heterocycles. The molecule has 2 aromatic carbocycles. The zero-order valence-electron chi connectivity index (χ0n) is 19.7. The smallest absolute Gasteiger partial charge is 0.291 e. The van der Waals surface area contributed by atoms with E-state index in [1.165, 1.54) is 6.42 Å². The number of carbonyl (C=O) groups excluding carboxylic acids is 1. The highest BCUT2D eigenvalue weighted by Crippen LogP contribution is 2.25. The third-order valence-electron chi connectivity index (χ3n) is 6.17. The van der Waals surface area contributed by atoms with E-state index in [2.05, 4.69) is 25.2 Å². The number of aromatic nitrogens is 1. The topological polar surface area (TPSA) is 129 Å². The summed E-state index contributed by atoms with van der Waals surface area (Å²) in [5.74, 6) is -0.604. The number of amidine groups is 1. The predicted octanol–water partition coefficient (Wildman–Crippen LogP) is 3.54. The average molecular weight is 482 g/mol. The van der Waals surface area contributed by atoms with Gasteiger partial charge in [0.15, 0.2) is 0 Å². The lowest BCUT2D eigenvalue weighted by atomic mass is 10.0. The lowest BCUT2D eigenvalue weighted by Crippen LogP contribution is -2.32. The second-order valence-electron chi connectivity index (χ2n) is 8.59. The number of nitrogens with zero attached hydrogens (tertiary/aromatic N) is 4. The van der Waals surface area contributed by atoms with Crippen LogP contribution in [0.3, 0.4) is 0 Å². The fourth-order valence-electron chi connectivity index (χ4n) is 4.43. The van der Waals surface area contributed by atoms with Crippen molar-refractivity contribution in [3.63, 3.8) is 0 Å². The minimum Gasteiger partial charge on any atom is -0.407 e. The number of para-hydroxylation sites is 1. The molecule has 1 saturated heterocycles. The maximum atomic E-state index is 13.0. The molecular formula is C27H27N7O2. The summed E-state index contributed by atoms with van der Waals surface area (Å²) in [5.41, 5.74) is 10.3. The average Bonchev–Trinajstić information content (AvgIpc) is 3.05. The Morgan fingerprint density at radius 1 is 1.06 bits per heavy atom. The van der Waals surface area contributed by atoms with Crippen LogP contribution in [0, 0.1) is 5.41 Å². The Hall–Kier alpha value is -4.53. The van der Waals surface area contributed by atoms with Crippen LogP contribution in [0.25, 0.3) is 0 Å². The van der Waals surface area contributed by atoms with E-state index in [4.69, 9.17) is 15.9 Å². The monoisotopic (exact) mass is 481 g/mol. The van der Waals surface area contributed by atoms with Gasteiger partial charge in [0, 0.05) is 30.4 Å². The molecule has 5 rings (SSSR count). The third kappa shape index (κ3) is 4.95. The molecule has 36 heavy (non-hydrogen) atoms. The minimum absolute atomic E-state index is 0.163. The zero-order valence-corrected chi connectivity index (χ0v) is 19.7. The molecule has 2 aliphatic heterocycles. The second kappa shape index (κ2) is 10.4. The van der Waals surface area contributed by atoms with Crippen molar-refractivity contribution in [2.24, 2.45) is 15.7 Å². The van der Waals surface area contributed by atoms with Crippen molar-refractivity contribution in [3.05, 3.63) is 89.7 Å². The summed E-state index contributed by atoms with van der Waals surface area (Å²) in [5, 5.41) is 11.4. The van der Waals surface area contributed by atoms with Gasteiger partial charge in [0.2, 0.25) is 12.1 Å². The number of hydrogen-bond acceptors (Lipinski definition) is 7. The Morgan fingerprint density at radius 3 is 2.61 bits per heavy atom. The number of amides is 1. The fraction of sp³-hybridized carbons (Fsp3) is 0.222. The van der Waals surface area contributed by atoms with E-state index in [1.807, 2.05) is 54.6 Å². The number of carbonyl (C=O) groups is 1. The van der Waals surface area contributed by atoms with Gasteiger partial charge in [-0.05, 0) is 31.4 Å². The highest BCUT2D eigenvalue weighted by molar-refractivity contribution is 6.19. The van der Waals surface area contributed by atoms with Crippen molar-refractivity contribution in [2.45, 2.75) is 25.4 Å². The maximum absolute atomic E-state index is 13.0. The summed E-state index contributed by atoms with van der Waals surface area (Å²) in [7, 11) is 0. The molecule has 3 heterocycles. The van der Waals surface area contributed by atoms with Crippen LogP contribution in [0.2, 0.25) is 0 Å². The Morgan fingerprint density at radius 2 is 1.81 bits per heavy atom. The van der Waals surface area contributed by atoms with E-state index < -0.39 is 12.1 Å². The molecule has 0 spiro atoms. The standard InChI is InChI=1S/C27H27N7O2/c28-24(20-13-14-30-17-22(20)34-15-7-2-8-16-34)36-27(29)33-25-26(35)31-21-12-6-5-11-19(21)23(32-25)18-9-3-1-4-10-18/h1,3-6,9-14,17,25,28H,2,7-8,15-16H2,(H2,29,33)(H,31,35). The Bertz CT molecular complexity index is 1330. The van der Waals surface area contributed by atoms with Crippen LogP contribution in [0.5, 0.6) is 0 Å². The molecule has 182 valence electrons. The van der Waals surface area contributed by atoms with Gasteiger partial charge in [-0.25, -0.2) is 4.99 Å². The van der Waals surface area contributed by atoms with Crippen molar-refractivity contribution >= 4 is 34.9 Å². The molecule has 0 radical (unpaired) electrons. The molecule has 1 atom stereocenters. The first-order valence-corrected chi connectivity index (χ1v) is 11.9. The van der Waals surface area contributed by atoms with Gasteiger partial charge in [-0.15, -0.1) is 0 Å². The van der Waals surface area contributed by atoms with Gasteiger partial charge >= 0.3 is 0 Å².